The average molecular weight is 648 g/mol. The van der Waals surface area contributed by atoms with Crippen molar-refractivity contribution in [2.75, 3.05) is 7.05 Å². The van der Waals surface area contributed by atoms with E-state index in [2.05, 4.69) is 9.50 Å². The van der Waals surface area contributed by atoms with Crippen LogP contribution in [0.3, 0.4) is 0 Å². The molecule has 0 saturated carbocycles. The molecule has 0 bridgehead atoms. The normalized spacial score (nSPS) is 14.0. The number of likely N-dealkylation sites (N-methyl/N-ethyl adjacent to an activating group) is 1. The summed E-state index contributed by atoms with van der Waals surface area (Å²) in [4.78, 5) is 65.1. The second kappa shape index (κ2) is 17.3. The molecule has 0 fully saturated rings. The molecule has 14 heteroatoms. The lowest BCUT2D eigenvalue weighted by molar-refractivity contribution is -0.148. The summed E-state index contributed by atoms with van der Waals surface area (Å²) in [7, 11) is -3.37. The number of carboxylic acid groups (broad SMARTS) is 1. The number of nitrogens with zero attached hydrogens (tertiary/aromatic N) is 1. The third-order valence-corrected chi connectivity index (χ3v) is 7.75. The lowest BCUT2D eigenvalue weighted by Crippen LogP contribution is -2.55. The molecule has 0 aliphatic rings. The molecule has 2 rings (SSSR count). The van der Waals surface area contributed by atoms with Crippen LogP contribution in [0.2, 0.25) is 0 Å². The molecule has 0 aliphatic carbocycles. The van der Waals surface area contributed by atoms with Crippen molar-refractivity contribution in [2.24, 2.45) is 17.6 Å². The van der Waals surface area contributed by atoms with Gasteiger partial charge in [0.2, 0.25) is 17.7 Å². The summed E-state index contributed by atoms with van der Waals surface area (Å²) in [5.41, 5.74) is 6.92. The van der Waals surface area contributed by atoms with Gasteiger partial charge in [0, 0.05) is 31.7 Å². The molecule has 13 nitrogen and oxygen atoms in total. The Morgan fingerprint density at radius 2 is 1.56 bits per heavy atom. The minimum atomic E-state index is -4.67. The molecule has 0 spiro atoms. The van der Waals surface area contributed by atoms with Gasteiger partial charge in [-0.3, -0.25) is 28.5 Å². The predicted molar refractivity (Wildman–Crippen MR) is 164 cm³/mol. The van der Waals surface area contributed by atoms with E-state index in [0.29, 0.717) is 18.4 Å². The SMILES string of the molecule is CCCC[C@H](CC(=O)[C@@H](C)Cc1ccc(OS(=O)(=O)O)cc1)C(=O)N(C)[C@H](CC(=O)O)C(=O)N[C@@H](Cc1ccccc1)C(N)=O. The third-order valence-electron chi connectivity index (χ3n) is 7.35. The minimum Gasteiger partial charge on any atom is -0.481 e. The molecule has 0 radical (unpaired) electrons. The van der Waals surface area contributed by atoms with Gasteiger partial charge in [-0.2, -0.15) is 8.42 Å². The average Bonchev–Trinajstić information content (AvgIpc) is 2.97. The van der Waals surface area contributed by atoms with Crippen LogP contribution < -0.4 is 15.2 Å². The second-order valence-electron chi connectivity index (χ2n) is 11.0. The van der Waals surface area contributed by atoms with E-state index in [9.17, 15) is 37.5 Å². The van der Waals surface area contributed by atoms with Gasteiger partial charge >= 0.3 is 16.4 Å². The van der Waals surface area contributed by atoms with E-state index in [1.165, 1.54) is 19.2 Å². The van der Waals surface area contributed by atoms with E-state index < -0.39 is 64.4 Å². The quantitative estimate of drug-likeness (QED) is 0.163. The van der Waals surface area contributed by atoms with Crippen molar-refractivity contribution in [3.63, 3.8) is 0 Å². The van der Waals surface area contributed by atoms with Crippen LogP contribution in [0, 0.1) is 11.8 Å². The van der Waals surface area contributed by atoms with E-state index in [1.54, 1.807) is 49.4 Å². The summed E-state index contributed by atoms with van der Waals surface area (Å²) < 4.78 is 35.0. The Labute approximate surface area is 263 Å². The number of amides is 3. The van der Waals surface area contributed by atoms with Gasteiger partial charge in [0.25, 0.3) is 0 Å². The molecule has 0 heterocycles. The maximum absolute atomic E-state index is 13.7. The number of nitrogens with two attached hydrogens (primary N) is 1. The van der Waals surface area contributed by atoms with E-state index in [0.717, 1.165) is 16.9 Å². The maximum atomic E-state index is 13.7. The smallest absolute Gasteiger partial charge is 0.446 e. The highest BCUT2D eigenvalue weighted by Gasteiger charge is 2.35. The van der Waals surface area contributed by atoms with E-state index in [1.807, 2.05) is 6.92 Å². The predicted octanol–water partition coefficient (Wildman–Crippen LogP) is 2.33. The molecule has 0 aliphatic heterocycles. The summed E-state index contributed by atoms with van der Waals surface area (Å²) >= 11 is 0. The number of ketones is 1. The number of carboxylic acids is 1. The number of unbranched alkanes of at least 4 members (excludes halogenated alkanes) is 1. The standard InChI is InChI=1S/C31H41N3O10S/c1-4-5-11-23(18-27(35)20(2)16-22-12-14-24(15-13-22)44-45(41,42)43)31(40)34(3)26(19-28(36)37)30(39)33-25(29(32)38)17-21-9-7-6-8-10-21/h6-10,12-15,20,23,25-26H,4-5,11,16-19H2,1-3H3,(H2,32,38)(H,33,39)(H,36,37)(H,41,42,43)/t20-,23+,25-,26+/m0/s1. The van der Waals surface area contributed by atoms with Gasteiger partial charge in [0.15, 0.2) is 0 Å². The van der Waals surface area contributed by atoms with Crippen LogP contribution in [0.15, 0.2) is 54.6 Å². The fourth-order valence-electron chi connectivity index (χ4n) is 4.83. The molecule has 2 aromatic rings. The highest BCUT2D eigenvalue weighted by atomic mass is 32.3. The number of benzene rings is 2. The molecular formula is C31H41N3O10S. The van der Waals surface area contributed by atoms with Crippen molar-refractivity contribution in [3.8, 4) is 5.75 Å². The van der Waals surface area contributed by atoms with E-state index in [-0.39, 0.29) is 30.8 Å². The zero-order chi connectivity index (χ0) is 33.7. The van der Waals surface area contributed by atoms with Crippen LogP contribution >= 0.6 is 0 Å². The molecule has 0 saturated heterocycles. The fourth-order valence-corrected chi connectivity index (χ4v) is 5.18. The Hall–Kier alpha value is -4.30. The lowest BCUT2D eigenvalue weighted by atomic mass is 9.87. The first-order valence-electron chi connectivity index (χ1n) is 14.5. The minimum absolute atomic E-state index is 0.0706. The number of primary amides is 1. The van der Waals surface area contributed by atoms with Crippen LogP contribution in [-0.2, 0) is 47.2 Å². The number of hydrogen-bond acceptors (Lipinski definition) is 8. The van der Waals surface area contributed by atoms with Crippen LogP contribution in [0.25, 0.3) is 0 Å². The van der Waals surface area contributed by atoms with Gasteiger partial charge in [-0.15, -0.1) is 0 Å². The molecule has 3 amide bonds. The largest absolute Gasteiger partial charge is 0.481 e. The highest BCUT2D eigenvalue weighted by Crippen LogP contribution is 2.23. The first kappa shape index (κ1) is 36.9. The number of Topliss-reactive ketones (excluding diaryl/α,β-unsaturated/α-hetero) is 1. The number of carbonyl (C=O) groups is 5. The Kier molecular flexibility index (Phi) is 14.1. The maximum Gasteiger partial charge on any atom is 0.446 e. The first-order valence-corrected chi connectivity index (χ1v) is 15.9. The molecule has 246 valence electrons. The summed E-state index contributed by atoms with van der Waals surface area (Å²) in [5, 5.41) is 12.0. The zero-order valence-electron chi connectivity index (χ0n) is 25.5. The monoisotopic (exact) mass is 647 g/mol. The number of carbonyl (C=O) groups excluding carboxylic acids is 4. The van der Waals surface area contributed by atoms with Gasteiger partial charge in [0.1, 0.15) is 23.6 Å². The Morgan fingerprint density at radius 3 is 2.09 bits per heavy atom. The summed E-state index contributed by atoms with van der Waals surface area (Å²) in [6.07, 6.45) is 1.14. The first-order chi connectivity index (χ1) is 21.1. The van der Waals surface area contributed by atoms with Crippen molar-refractivity contribution < 1.29 is 46.2 Å². The van der Waals surface area contributed by atoms with Crippen molar-refractivity contribution >= 4 is 39.9 Å². The molecule has 2 aromatic carbocycles. The van der Waals surface area contributed by atoms with Crippen molar-refractivity contribution in [1.29, 1.82) is 0 Å². The number of nitrogens with one attached hydrogen (secondary N) is 1. The summed E-state index contributed by atoms with van der Waals surface area (Å²) in [6, 6.07) is 11.9. The molecule has 5 N–H and O–H groups in total. The second-order valence-corrected chi connectivity index (χ2v) is 12.0. The van der Waals surface area contributed by atoms with E-state index >= 15 is 0 Å². The Bertz CT molecular complexity index is 1430. The molecule has 4 atom stereocenters. The Balaban J connectivity index is 2.17. The lowest BCUT2D eigenvalue weighted by Gasteiger charge is -2.31. The topological polar surface area (TPSA) is 210 Å². The van der Waals surface area contributed by atoms with Crippen LogP contribution in [0.5, 0.6) is 5.75 Å². The number of rotatable bonds is 19. The van der Waals surface area contributed by atoms with Crippen molar-refractivity contribution in [1.82, 2.24) is 10.2 Å². The Morgan fingerprint density at radius 1 is 0.956 bits per heavy atom. The van der Waals surface area contributed by atoms with Gasteiger partial charge in [-0.05, 0) is 36.1 Å². The summed E-state index contributed by atoms with van der Waals surface area (Å²) in [6.45, 7) is 3.61. The molecule has 0 unspecified atom stereocenters. The van der Waals surface area contributed by atoms with Gasteiger partial charge < -0.3 is 25.2 Å². The zero-order valence-corrected chi connectivity index (χ0v) is 26.4. The molecule has 0 aromatic heterocycles. The van der Waals surface area contributed by atoms with Gasteiger partial charge in [-0.25, -0.2) is 0 Å². The van der Waals surface area contributed by atoms with Crippen molar-refractivity contribution in [3.05, 3.63) is 65.7 Å². The highest BCUT2D eigenvalue weighted by molar-refractivity contribution is 7.81. The van der Waals surface area contributed by atoms with Crippen molar-refractivity contribution in [2.45, 2.75) is 70.9 Å². The van der Waals surface area contributed by atoms with Crippen LogP contribution in [0.1, 0.15) is 57.1 Å². The molecular weight excluding hydrogens is 606 g/mol. The number of hydrogen-bond donors (Lipinski definition) is 4. The molecule has 45 heavy (non-hydrogen) atoms. The third kappa shape index (κ3) is 12.7. The van der Waals surface area contributed by atoms with E-state index in [4.69, 9.17) is 10.3 Å². The fraction of sp³-hybridized carbons (Fsp3) is 0.452. The van der Waals surface area contributed by atoms with Crippen LogP contribution in [-0.4, -0.2) is 71.6 Å². The van der Waals surface area contributed by atoms with Crippen LogP contribution in [0.4, 0.5) is 0 Å². The summed E-state index contributed by atoms with van der Waals surface area (Å²) in [5.74, 6) is -5.28. The van der Waals surface area contributed by atoms with Gasteiger partial charge in [-0.1, -0.05) is 69.2 Å². The number of aliphatic carboxylic acids is 1. The van der Waals surface area contributed by atoms with Gasteiger partial charge in [0.05, 0.1) is 6.42 Å².